The van der Waals surface area contributed by atoms with Gasteiger partial charge < -0.3 is 5.32 Å². The molecule has 94 valence electrons. The number of hydrogen-bond acceptors (Lipinski definition) is 3. The van der Waals surface area contributed by atoms with Crippen molar-refractivity contribution in [3.05, 3.63) is 40.6 Å². The zero-order valence-corrected chi connectivity index (χ0v) is 11.5. The van der Waals surface area contributed by atoms with Crippen LogP contribution in [0.3, 0.4) is 0 Å². The fraction of sp³-hybridized carbons (Fsp3) is 0.231. The normalized spacial score (nSPS) is 10.4. The number of nitrogens with one attached hydrogen (secondary N) is 1. The van der Waals surface area contributed by atoms with Crippen molar-refractivity contribution in [2.75, 3.05) is 11.9 Å². The Bertz CT molecular complexity index is 529. The van der Waals surface area contributed by atoms with Crippen LogP contribution in [0.5, 0.6) is 0 Å². The smallest absolute Gasteiger partial charge is 0.145 e. The molecule has 0 aliphatic rings. The molecule has 3 nitrogen and oxygen atoms in total. The van der Waals surface area contributed by atoms with Crippen molar-refractivity contribution in [2.45, 2.75) is 13.3 Å². The summed E-state index contributed by atoms with van der Waals surface area (Å²) in [6.45, 7) is 2.91. The highest BCUT2D eigenvalue weighted by Crippen LogP contribution is 2.31. The van der Waals surface area contributed by atoms with Crippen LogP contribution in [0.25, 0.3) is 11.3 Å². The van der Waals surface area contributed by atoms with Gasteiger partial charge in [-0.3, -0.25) is 4.98 Å². The monoisotopic (exact) mass is 281 g/mol. The van der Waals surface area contributed by atoms with Gasteiger partial charge in [0, 0.05) is 24.5 Å². The Morgan fingerprint density at radius 2 is 1.89 bits per heavy atom. The molecule has 0 saturated heterocycles. The molecule has 0 amide bonds. The van der Waals surface area contributed by atoms with E-state index in [4.69, 9.17) is 23.2 Å². The van der Waals surface area contributed by atoms with E-state index in [1.165, 1.54) is 0 Å². The van der Waals surface area contributed by atoms with E-state index >= 15 is 0 Å². The second kappa shape index (κ2) is 6.03. The van der Waals surface area contributed by atoms with E-state index in [0.29, 0.717) is 21.6 Å². The third-order valence-corrected chi connectivity index (χ3v) is 3.00. The molecular weight excluding hydrogens is 269 g/mol. The van der Waals surface area contributed by atoms with Gasteiger partial charge in [0.1, 0.15) is 5.82 Å². The van der Waals surface area contributed by atoms with Crippen molar-refractivity contribution < 1.29 is 0 Å². The fourth-order valence-corrected chi connectivity index (χ4v) is 2.08. The highest BCUT2D eigenvalue weighted by atomic mass is 35.5. The van der Waals surface area contributed by atoms with Gasteiger partial charge in [0.05, 0.1) is 15.7 Å². The molecule has 0 aliphatic heterocycles. The van der Waals surface area contributed by atoms with E-state index in [1.807, 2.05) is 12.1 Å². The highest BCUT2D eigenvalue weighted by Gasteiger charge is 2.10. The Morgan fingerprint density at radius 1 is 1.17 bits per heavy atom. The topological polar surface area (TPSA) is 37.8 Å². The lowest BCUT2D eigenvalue weighted by molar-refractivity contribution is 0.970. The van der Waals surface area contributed by atoms with Gasteiger partial charge in [-0.25, -0.2) is 4.98 Å². The summed E-state index contributed by atoms with van der Waals surface area (Å²) >= 11 is 12.3. The van der Waals surface area contributed by atoms with Crippen molar-refractivity contribution in [2.24, 2.45) is 0 Å². The summed E-state index contributed by atoms with van der Waals surface area (Å²) in [4.78, 5) is 8.45. The van der Waals surface area contributed by atoms with E-state index in [1.54, 1.807) is 18.5 Å². The molecule has 2 aromatic heterocycles. The second-order valence-electron chi connectivity index (χ2n) is 3.81. The lowest BCUT2D eigenvalue weighted by atomic mass is 10.2. The fourth-order valence-electron chi connectivity index (χ4n) is 1.55. The van der Waals surface area contributed by atoms with Gasteiger partial charge in [0.15, 0.2) is 0 Å². The van der Waals surface area contributed by atoms with Gasteiger partial charge in [-0.1, -0.05) is 30.1 Å². The molecule has 0 radical (unpaired) electrons. The summed E-state index contributed by atoms with van der Waals surface area (Å²) in [6.07, 6.45) is 4.42. The van der Waals surface area contributed by atoms with Crippen molar-refractivity contribution >= 4 is 29.0 Å². The number of pyridine rings is 2. The zero-order chi connectivity index (χ0) is 13.0. The predicted octanol–water partition coefficient (Wildman–Crippen LogP) is 4.27. The molecule has 0 unspecified atom stereocenters. The second-order valence-corrected chi connectivity index (χ2v) is 4.63. The summed E-state index contributed by atoms with van der Waals surface area (Å²) in [6, 6.07) is 5.45. The van der Waals surface area contributed by atoms with Crippen LogP contribution in [-0.4, -0.2) is 16.5 Å². The van der Waals surface area contributed by atoms with E-state index in [-0.39, 0.29) is 0 Å². The van der Waals surface area contributed by atoms with E-state index in [0.717, 1.165) is 18.5 Å². The maximum absolute atomic E-state index is 6.17. The van der Waals surface area contributed by atoms with Crippen LogP contribution in [0.1, 0.15) is 13.3 Å². The van der Waals surface area contributed by atoms with Gasteiger partial charge in [0.25, 0.3) is 0 Å². The Balaban J connectivity index is 2.42. The average molecular weight is 282 g/mol. The third kappa shape index (κ3) is 2.92. The summed E-state index contributed by atoms with van der Waals surface area (Å²) in [5.41, 5.74) is 1.63. The van der Waals surface area contributed by atoms with Crippen molar-refractivity contribution in [1.29, 1.82) is 0 Å². The average Bonchev–Trinajstić information content (AvgIpc) is 2.39. The lowest BCUT2D eigenvalue weighted by Crippen LogP contribution is -2.03. The molecular formula is C13H13Cl2N3. The van der Waals surface area contributed by atoms with Gasteiger partial charge >= 0.3 is 0 Å². The minimum Gasteiger partial charge on any atom is -0.369 e. The van der Waals surface area contributed by atoms with Crippen molar-refractivity contribution in [3.8, 4) is 11.3 Å². The Kier molecular flexibility index (Phi) is 4.39. The first-order valence-electron chi connectivity index (χ1n) is 5.72. The van der Waals surface area contributed by atoms with Crippen LogP contribution in [0.4, 0.5) is 5.82 Å². The molecule has 0 fully saturated rings. The molecule has 0 atom stereocenters. The minimum absolute atomic E-state index is 0.534. The van der Waals surface area contributed by atoms with Crippen LogP contribution in [0, 0.1) is 0 Å². The maximum atomic E-state index is 6.17. The van der Waals surface area contributed by atoms with Crippen LogP contribution in [0.15, 0.2) is 30.6 Å². The molecule has 0 bridgehead atoms. The quantitative estimate of drug-likeness (QED) is 0.909. The number of aromatic nitrogens is 2. The molecule has 0 aliphatic carbocycles. The molecule has 0 saturated carbocycles. The number of rotatable bonds is 4. The first-order valence-corrected chi connectivity index (χ1v) is 6.48. The van der Waals surface area contributed by atoms with Crippen LogP contribution in [-0.2, 0) is 0 Å². The Labute approximate surface area is 116 Å². The third-order valence-electron chi connectivity index (χ3n) is 2.43. The van der Waals surface area contributed by atoms with Crippen LogP contribution >= 0.6 is 23.2 Å². The molecule has 2 heterocycles. The Morgan fingerprint density at radius 3 is 2.56 bits per heavy atom. The van der Waals surface area contributed by atoms with Crippen molar-refractivity contribution in [1.82, 2.24) is 9.97 Å². The molecule has 18 heavy (non-hydrogen) atoms. The molecule has 2 rings (SSSR count). The van der Waals surface area contributed by atoms with Gasteiger partial charge in [-0.2, -0.15) is 0 Å². The van der Waals surface area contributed by atoms with Gasteiger partial charge in [0.2, 0.25) is 0 Å². The molecule has 5 heteroatoms. The van der Waals surface area contributed by atoms with E-state index in [9.17, 15) is 0 Å². The molecule has 1 N–H and O–H groups in total. The van der Waals surface area contributed by atoms with Gasteiger partial charge in [-0.05, 0) is 24.6 Å². The first kappa shape index (κ1) is 13.1. The maximum Gasteiger partial charge on any atom is 0.145 e. The zero-order valence-electron chi connectivity index (χ0n) is 9.95. The summed E-state index contributed by atoms with van der Waals surface area (Å²) in [7, 11) is 0. The molecule has 0 spiro atoms. The number of hydrogen-bond donors (Lipinski definition) is 1. The number of halogens is 2. The standard InChI is InChI=1S/C13H13Cl2N3/c1-2-5-17-13-11(15)8-10(14)12(18-13)9-3-6-16-7-4-9/h3-4,6-8H,2,5H2,1H3,(H,17,18). The van der Waals surface area contributed by atoms with Crippen molar-refractivity contribution in [3.63, 3.8) is 0 Å². The SMILES string of the molecule is CCCNc1nc(-c2ccncc2)c(Cl)cc1Cl. The van der Waals surface area contributed by atoms with Gasteiger partial charge in [-0.15, -0.1) is 0 Å². The van der Waals surface area contributed by atoms with E-state index in [2.05, 4.69) is 22.2 Å². The number of anilines is 1. The van der Waals surface area contributed by atoms with Crippen LogP contribution in [0.2, 0.25) is 10.0 Å². The minimum atomic E-state index is 0.534. The summed E-state index contributed by atoms with van der Waals surface area (Å²) < 4.78 is 0. The van der Waals surface area contributed by atoms with E-state index < -0.39 is 0 Å². The molecule has 2 aromatic rings. The molecule has 0 aromatic carbocycles. The highest BCUT2D eigenvalue weighted by molar-refractivity contribution is 6.37. The Hall–Kier alpha value is -1.32. The summed E-state index contributed by atoms with van der Waals surface area (Å²) in [5.74, 6) is 0.662. The first-order chi connectivity index (χ1) is 8.72. The largest absolute Gasteiger partial charge is 0.369 e. The predicted molar refractivity (Wildman–Crippen MR) is 76.3 cm³/mol. The lowest BCUT2D eigenvalue weighted by Gasteiger charge is -2.10. The van der Waals surface area contributed by atoms with Crippen LogP contribution < -0.4 is 5.32 Å². The summed E-state index contributed by atoms with van der Waals surface area (Å²) in [5, 5.41) is 4.25. The number of nitrogens with zero attached hydrogens (tertiary/aromatic N) is 2.